The van der Waals surface area contributed by atoms with Crippen LogP contribution in [0.4, 0.5) is 0 Å². The van der Waals surface area contributed by atoms with E-state index in [0.29, 0.717) is 6.04 Å². The highest BCUT2D eigenvalue weighted by atomic mass is 32.1. The molecule has 1 aliphatic heterocycles. The summed E-state index contributed by atoms with van der Waals surface area (Å²) < 4.78 is 5.28. The molecule has 1 saturated heterocycles. The van der Waals surface area contributed by atoms with Gasteiger partial charge in [-0.1, -0.05) is 12.1 Å². The van der Waals surface area contributed by atoms with E-state index in [-0.39, 0.29) is 5.91 Å². The summed E-state index contributed by atoms with van der Waals surface area (Å²) in [7, 11) is 1.65. The zero-order chi connectivity index (χ0) is 18.0. The Hall–Kier alpha value is -1.92. The highest BCUT2D eigenvalue weighted by Gasteiger charge is 2.26. The van der Waals surface area contributed by atoms with Gasteiger partial charge in [0.15, 0.2) is 0 Å². The topological polar surface area (TPSA) is 45.7 Å². The molecule has 0 N–H and O–H groups in total. The number of carbonyl (C=O) groups is 1. The van der Waals surface area contributed by atoms with Crippen LogP contribution < -0.4 is 4.74 Å². The van der Waals surface area contributed by atoms with Gasteiger partial charge < -0.3 is 9.64 Å². The first kappa shape index (κ1) is 17.9. The van der Waals surface area contributed by atoms with Gasteiger partial charge in [0.25, 0.3) is 5.91 Å². The average molecular weight is 359 g/mol. The van der Waals surface area contributed by atoms with Crippen LogP contribution in [0.2, 0.25) is 0 Å². The Kier molecular flexibility index (Phi) is 5.39. The maximum Gasteiger partial charge on any atom is 0.265 e. The van der Waals surface area contributed by atoms with Gasteiger partial charge >= 0.3 is 0 Å². The van der Waals surface area contributed by atoms with Crippen molar-refractivity contribution < 1.29 is 9.53 Å². The summed E-state index contributed by atoms with van der Waals surface area (Å²) in [6.45, 7) is 9.74. The number of benzene rings is 1. The second-order valence-corrected chi connectivity index (χ2v) is 7.59. The third kappa shape index (κ3) is 3.85. The summed E-state index contributed by atoms with van der Waals surface area (Å²) in [5.74, 6) is 0.899. The van der Waals surface area contributed by atoms with E-state index < -0.39 is 0 Å². The number of methoxy groups -OCH3 is 1. The van der Waals surface area contributed by atoms with E-state index in [9.17, 15) is 4.79 Å². The van der Waals surface area contributed by atoms with Crippen LogP contribution >= 0.6 is 11.3 Å². The molecule has 2 aromatic rings. The van der Waals surface area contributed by atoms with Crippen molar-refractivity contribution in [2.75, 3.05) is 33.3 Å². The van der Waals surface area contributed by atoms with E-state index in [2.05, 4.69) is 23.7 Å². The van der Waals surface area contributed by atoms with Crippen LogP contribution in [0.25, 0.3) is 10.6 Å². The Balaban J connectivity index is 1.77. The van der Waals surface area contributed by atoms with Crippen molar-refractivity contribution in [1.82, 2.24) is 14.8 Å². The maximum atomic E-state index is 12.9. The van der Waals surface area contributed by atoms with Gasteiger partial charge in [-0.2, -0.15) is 0 Å². The molecule has 2 heterocycles. The SMILES string of the molecule is COc1cccc(-c2nc(C)c(C(=O)N3CCN(C(C)C)CC3)s2)c1. The molecule has 1 amide bonds. The molecule has 0 radical (unpaired) electrons. The lowest BCUT2D eigenvalue weighted by Crippen LogP contribution is -2.50. The summed E-state index contributed by atoms with van der Waals surface area (Å²) in [5, 5.41) is 0.862. The molecule has 0 bridgehead atoms. The number of hydrogen-bond acceptors (Lipinski definition) is 5. The van der Waals surface area contributed by atoms with Crippen LogP contribution in [0.15, 0.2) is 24.3 Å². The lowest BCUT2D eigenvalue weighted by molar-refractivity contribution is 0.0599. The van der Waals surface area contributed by atoms with Gasteiger partial charge in [0.05, 0.1) is 12.8 Å². The first-order valence-electron chi connectivity index (χ1n) is 8.64. The fraction of sp³-hybridized carbons (Fsp3) is 0.474. The summed E-state index contributed by atoms with van der Waals surface area (Å²) in [6.07, 6.45) is 0. The molecule has 5 nitrogen and oxygen atoms in total. The third-order valence-corrected chi connectivity index (χ3v) is 5.83. The number of hydrogen-bond donors (Lipinski definition) is 0. The molecule has 0 atom stereocenters. The van der Waals surface area contributed by atoms with Crippen molar-refractivity contribution in [3.63, 3.8) is 0 Å². The molecule has 0 saturated carbocycles. The van der Waals surface area contributed by atoms with Gasteiger partial charge in [-0.15, -0.1) is 11.3 Å². The average Bonchev–Trinajstić information content (AvgIpc) is 3.03. The highest BCUT2D eigenvalue weighted by molar-refractivity contribution is 7.17. The Morgan fingerprint density at radius 3 is 2.60 bits per heavy atom. The number of piperazine rings is 1. The number of aryl methyl sites for hydroxylation is 1. The minimum absolute atomic E-state index is 0.104. The van der Waals surface area contributed by atoms with Gasteiger partial charge in [0, 0.05) is 37.8 Å². The fourth-order valence-electron chi connectivity index (χ4n) is 3.06. The van der Waals surface area contributed by atoms with Gasteiger partial charge in [0.1, 0.15) is 15.6 Å². The van der Waals surface area contributed by atoms with E-state index >= 15 is 0 Å². The summed E-state index contributed by atoms with van der Waals surface area (Å²) in [6, 6.07) is 8.33. The number of aromatic nitrogens is 1. The summed E-state index contributed by atoms with van der Waals surface area (Å²) in [5.41, 5.74) is 1.79. The lowest BCUT2D eigenvalue weighted by Gasteiger charge is -2.36. The molecule has 25 heavy (non-hydrogen) atoms. The number of carbonyl (C=O) groups excluding carboxylic acids is 1. The van der Waals surface area contributed by atoms with Crippen LogP contribution in [0, 0.1) is 6.92 Å². The predicted molar refractivity (Wildman–Crippen MR) is 101 cm³/mol. The van der Waals surface area contributed by atoms with Crippen molar-refractivity contribution in [3.05, 3.63) is 34.8 Å². The first-order valence-corrected chi connectivity index (χ1v) is 9.46. The van der Waals surface area contributed by atoms with E-state index in [4.69, 9.17) is 4.74 Å². The second-order valence-electron chi connectivity index (χ2n) is 6.59. The molecule has 0 aliphatic carbocycles. The standard InChI is InChI=1S/C19H25N3O2S/c1-13(2)21-8-10-22(11-9-21)19(23)17-14(3)20-18(25-17)15-6-5-7-16(12-15)24-4/h5-7,12-13H,8-11H2,1-4H3. The van der Waals surface area contributed by atoms with Crippen molar-refractivity contribution in [3.8, 4) is 16.3 Å². The van der Waals surface area contributed by atoms with Gasteiger partial charge in [-0.25, -0.2) is 4.98 Å². The fourth-order valence-corrected chi connectivity index (χ4v) is 4.09. The van der Waals surface area contributed by atoms with Gasteiger partial charge in [-0.3, -0.25) is 9.69 Å². The summed E-state index contributed by atoms with van der Waals surface area (Å²) in [4.78, 5) is 22.6. The quantitative estimate of drug-likeness (QED) is 0.840. The minimum Gasteiger partial charge on any atom is -0.497 e. The van der Waals surface area contributed by atoms with Crippen molar-refractivity contribution >= 4 is 17.2 Å². The number of thiazole rings is 1. The maximum absolute atomic E-state index is 12.9. The molecule has 0 unspecified atom stereocenters. The number of ether oxygens (including phenoxy) is 1. The largest absolute Gasteiger partial charge is 0.497 e. The molecule has 3 rings (SSSR count). The number of amides is 1. The van der Waals surface area contributed by atoms with E-state index in [0.717, 1.165) is 53.1 Å². The number of rotatable bonds is 4. The van der Waals surface area contributed by atoms with Crippen molar-refractivity contribution in [1.29, 1.82) is 0 Å². The molecule has 1 aromatic carbocycles. The zero-order valence-electron chi connectivity index (χ0n) is 15.3. The molecule has 6 heteroatoms. The van der Waals surface area contributed by atoms with Gasteiger partial charge in [-0.05, 0) is 32.9 Å². The minimum atomic E-state index is 0.104. The van der Waals surface area contributed by atoms with Crippen LogP contribution in [0.3, 0.4) is 0 Å². The van der Waals surface area contributed by atoms with E-state index in [1.165, 1.54) is 11.3 Å². The Labute approximate surface area is 153 Å². The molecule has 134 valence electrons. The Bertz CT molecular complexity index is 749. The highest BCUT2D eigenvalue weighted by Crippen LogP contribution is 2.31. The number of nitrogens with zero attached hydrogens (tertiary/aromatic N) is 3. The Morgan fingerprint density at radius 1 is 1.24 bits per heavy atom. The monoisotopic (exact) mass is 359 g/mol. The molecular formula is C19H25N3O2S. The Morgan fingerprint density at radius 2 is 1.96 bits per heavy atom. The van der Waals surface area contributed by atoms with Crippen LogP contribution in [-0.4, -0.2) is 60.0 Å². The van der Waals surface area contributed by atoms with Crippen molar-refractivity contribution in [2.24, 2.45) is 0 Å². The molecule has 0 spiro atoms. The lowest BCUT2D eigenvalue weighted by atomic mass is 10.2. The predicted octanol–water partition coefficient (Wildman–Crippen LogP) is 3.29. The molecule has 1 fully saturated rings. The second kappa shape index (κ2) is 7.54. The van der Waals surface area contributed by atoms with E-state index in [1.807, 2.05) is 36.1 Å². The zero-order valence-corrected chi connectivity index (χ0v) is 16.1. The van der Waals surface area contributed by atoms with Crippen LogP contribution in [0.1, 0.15) is 29.2 Å². The molecular weight excluding hydrogens is 334 g/mol. The normalized spacial score (nSPS) is 15.6. The van der Waals surface area contributed by atoms with Crippen molar-refractivity contribution in [2.45, 2.75) is 26.8 Å². The van der Waals surface area contributed by atoms with Gasteiger partial charge in [0.2, 0.25) is 0 Å². The summed E-state index contributed by atoms with van der Waals surface area (Å²) >= 11 is 1.47. The molecule has 1 aromatic heterocycles. The first-order chi connectivity index (χ1) is 12.0. The molecule has 1 aliphatic rings. The van der Waals surface area contributed by atoms with E-state index in [1.54, 1.807) is 7.11 Å². The third-order valence-electron chi connectivity index (χ3n) is 4.64. The van der Waals surface area contributed by atoms with Crippen LogP contribution in [0.5, 0.6) is 5.75 Å². The van der Waals surface area contributed by atoms with Crippen LogP contribution in [-0.2, 0) is 0 Å². The smallest absolute Gasteiger partial charge is 0.265 e.